The number of rotatable bonds is 7. The maximum Gasteiger partial charge on any atom is 0.308 e. The molecular weight excluding hydrogens is 460 g/mol. The predicted molar refractivity (Wildman–Crippen MR) is 137 cm³/mol. The summed E-state index contributed by atoms with van der Waals surface area (Å²) in [7, 11) is 5.33. The Bertz CT molecular complexity index is 1210. The van der Waals surface area contributed by atoms with E-state index in [1.165, 1.54) is 11.8 Å². The summed E-state index contributed by atoms with van der Waals surface area (Å²) >= 11 is 0. The number of methoxy groups -OCH3 is 1. The number of likely N-dealkylation sites (N-methyl/N-ethyl adjacent to an activating group) is 1. The van der Waals surface area contributed by atoms with Gasteiger partial charge in [0.25, 0.3) is 11.7 Å². The third-order valence-electron chi connectivity index (χ3n) is 6.04. The molecule has 1 saturated heterocycles. The number of likely N-dealkylation sites (tertiary alicyclic amines) is 1. The molecule has 0 radical (unpaired) electrons. The van der Waals surface area contributed by atoms with Gasteiger partial charge in [0, 0.05) is 31.1 Å². The lowest BCUT2D eigenvalue weighted by Crippen LogP contribution is -2.35. The normalized spacial score (nSPS) is 17.6. The zero-order chi connectivity index (χ0) is 26.8. The Labute approximate surface area is 212 Å². The SMILES string of the molecule is COc1ccc(/C(O)=C2\C(=O)C(=O)N(CCN(C)C)C2c2cccc(OC(C)=O)c2)cc1C(C)(C)C. The van der Waals surface area contributed by atoms with Crippen LogP contribution in [0.15, 0.2) is 48.0 Å². The molecule has 1 heterocycles. The van der Waals surface area contributed by atoms with Crippen LogP contribution in [0.5, 0.6) is 11.5 Å². The van der Waals surface area contributed by atoms with Gasteiger partial charge in [-0.2, -0.15) is 0 Å². The Balaban J connectivity index is 2.22. The molecule has 1 N–H and O–H groups in total. The molecule has 1 aliphatic heterocycles. The fraction of sp³-hybridized carbons (Fsp3) is 0.393. The molecule has 8 nitrogen and oxygen atoms in total. The highest BCUT2D eigenvalue weighted by molar-refractivity contribution is 6.46. The van der Waals surface area contributed by atoms with Gasteiger partial charge in [-0.25, -0.2) is 0 Å². The molecule has 1 unspecified atom stereocenters. The number of hydrogen-bond acceptors (Lipinski definition) is 7. The number of carbonyl (C=O) groups excluding carboxylic acids is 3. The molecule has 192 valence electrons. The summed E-state index contributed by atoms with van der Waals surface area (Å²) < 4.78 is 10.7. The second-order valence-corrected chi connectivity index (χ2v) is 10.1. The molecule has 2 aromatic rings. The van der Waals surface area contributed by atoms with Gasteiger partial charge in [-0.05, 0) is 55.4 Å². The fourth-order valence-corrected chi connectivity index (χ4v) is 4.28. The summed E-state index contributed by atoms with van der Waals surface area (Å²) in [5.41, 5.74) is 1.51. The van der Waals surface area contributed by atoms with E-state index in [4.69, 9.17) is 9.47 Å². The molecular formula is C28H34N2O6. The summed E-state index contributed by atoms with van der Waals surface area (Å²) in [6.07, 6.45) is 0. The number of amides is 1. The molecule has 0 bridgehead atoms. The van der Waals surface area contributed by atoms with Crippen molar-refractivity contribution in [3.63, 3.8) is 0 Å². The van der Waals surface area contributed by atoms with Crippen molar-refractivity contribution in [1.82, 2.24) is 9.80 Å². The van der Waals surface area contributed by atoms with Gasteiger partial charge < -0.3 is 24.4 Å². The number of hydrogen-bond donors (Lipinski definition) is 1. The third-order valence-corrected chi connectivity index (χ3v) is 6.04. The summed E-state index contributed by atoms with van der Waals surface area (Å²) in [6.45, 7) is 8.16. The average molecular weight is 495 g/mol. The maximum absolute atomic E-state index is 13.3. The molecule has 0 spiro atoms. The Morgan fingerprint density at radius 1 is 1.11 bits per heavy atom. The standard InChI is InChI=1S/C28H34N2O6/c1-17(31)36-20-10-8-9-18(15-20)24-23(26(33)27(34)30(24)14-13-29(5)6)25(32)19-11-12-22(35-7)21(16-19)28(2,3)4/h8-12,15-16,24,32H,13-14H2,1-7H3/b25-23+. The molecule has 0 aliphatic carbocycles. The minimum Gasteiger partial charge on any atom is -0.507 e. The minimum absolute atomic E-state index is 0.0104. The third kappa shape index (κ3) is 5.60. The molecule has 1 amide bonds. The quantitative estimate of drug-likeness (QED) is 0.205. The minimum atomic E-state index is -0.847. The molecule has 8 heteroatoms. The predicted octanol–water partition coefficient (Wildman–Crippen LogP) is 3.90. The highest BCUT2D eigenvalue weighted by Gasteiger charge is 2.46. The molecule has 2 aromatic carbocycles. The number of nitrogens with zero attached hydrogens (tertiary/aromatic N) is 2. The van der Waals surface area contributed by atoms with Crippen molar-refractivity contribution in [2.75, 3.05) is 34.3 Å². The lowest BCUT2D eigenvalue weighted by molar-refractivity contribution is -0.140. The number of ether oxygens (including phenoxy) is 2. The number of ketones is 1. The highest BCUT2D eigenvalue weighted by Crippen LogP contribution is 2.41. The van der Waals surface area contributed by atoms with Crippen LogP contribution in [0.2, 0.25) is 0 Å². The van der Waals surface area contributed by atoms with Crippen LogP contribution in [0, 0.1) is 0 Å². The van der Waals surface area contributed by atoms with Crippen molar-refractivity contribution in [1.29, 1.82) is 0 Å². The first kappa shape index (κ1) is 26.9. The molecule has 3 rings (SSSR count). The van der Waals surface area contributed by atoms with Gasteiger partial charge in [0.1, 0.15) is 17.3 Å². The van der Waals surface area contributed by atoms with Crippen LogP contribution in [0.4, 0.5) is 0 Å². The van der Waals surface area contributed by atoms with Crippen LogP contribution in [0.25, 0.3) is 5.76 Å². The monoisotopic (exact) mass is 494 g/mol. The summed E-state index contributed by atoms with van der Waals surface area (Å²) in [4.78, 5) is 41.3. The number of carbonyl (C=O) groups is 3. The van der Waals surface area contributed by atoms with Gasteiger partial charge >= 0.3 is 5.97 Å². The van der Waals surface area contributed by atoms with E-state index in [9.17, 15) is 19.5 Å². The van der Waals surface area contributed by atoms with Crippen molar-refractivity contribution < 1.29 is 29.0 Å². The summed E-state index contributed by atoms with van der Waals surface area (Å²) in [5, 5.41) is 11.4. The summed E-state index contributed by atoms with van der Waals surface area (Å²) in [5.74, 6) is -1.25. The lowest BCUT2D eigenvalue weighted by Gasteiger charge is -2.27. The molecule has 0 saturated carbocycles. The van der Waals surface area contributed by atoms with E-state index in [1.54, 1.807) is 49.6 Å². The number of esters is 1. The van der Waals surface area contributed by atoms with Gasteiger partial charge in [0.05, 0.1) is 18.7 Å². The fourth-order valence-electron chi connectivity index (χ4n) is 4.28. The second-order valence-electron chi connectivity index (χ2n) is 10.1. The Morgan fingerprint density at radius 3 is 2.39 bits per heavy atom. The van der Waals surface area contributed by atoms with Crippen molar-refractivity contribution in [3.05, 3.63) is 64.7 Å². The Kier molecular flexibility index (Phi) is 7.89. The van der Waals surface area contributed by atoms with Crippen LogP contribution < -0.4 is 9.47 Å². The van der Waals surface area contributed by atoms with E-state index >= 15 is 0 Å². The van der Waals surface area contributed by atoms with Gasteiger partial charge in [-0.1, -0.05) is 32.9 Å². The average Bonchev–Trinajstić information content (AvgIpc) is 3.05. The van der Waals surface area contributed by atoms with E-state index < -0.39 is 23.7 Å². The first-order chi connectivity index (χ1) is 16.8. The largest absolute Gasteiger partial charge is 0.507 e. The Hall–Kier alpha value is -3.65. The molecule has 0 aromatic heterocycles. The van der Waals surface area contributed by atoms with E-state index in [-0.39, 0.29) is 29.0 Å². The zero-order valence-corrected chi connectivity index (χ0v) is 21.9. The molecule has 1 aliphatic rings. The van der Waals surface area contributed by atoms with Crippen LogP contribution in [-0.4, -0.2) is 66.9 Å². The van der Waals surface area contributed by atoms with Gasteiger partial charge in [0.15, 0.2) is 0 Å². The number of Topliss-reactive ketones (excluding diaryl/α,β-unsaturated/α-hetero) is 1. The van der Waals surface area contributed by atoms with Crippen LogP contribution in [0.1, 0.15) is 50.4 Å². The van der Waals surface area contributed by atoms with Crippen molar-refractivity contribution >= 4 is 23.4 Å². The maximum atomic E-state index is 13.3. The van der Waals surface area contributed by atoms with Crippen LogP contribution in [0.3, 0.4) is 0 Å². The van der Waals surface area contributed by atoms with Gasteiger partial charge in [-0.3, -0.25) is 14.4 Å². The zero-order valence-electron chi connectivity index (χ0n) is 21.9. The lowest BCUT2D eigenvalue weighted by atomic mass is 9.84. The van der Waals surface area contributed by atoms with Crippen molar-refractivity contribution in [3.8, 4) is 11.5 Å². The number of benzene rings is 2. The van der Waals surface area contributed by atoms with E-state index in [0.29, 0.717) is 23.4 Å². The first-order valence-electron chi connectivity index (χ1n) is 11.8. The molecule has 1 atom stereocenters. The van der Waals surface area contributed by atoms with E-state index in [0.717, 1.165) is 5.56 Å². The second kappa shape index (κ2) is 10.5. The van der Waals surface area contributed by atoms with Gasteiger partial charge in [-0.15, -0.1) is 0 Å². The first-order valence-corrected chi connectivity index (χ1v) is 11.8. The van der Waals surface area contributed by atoms with Crippen molar-refractivity contribution in [2.45, 2.75) is 39.2 Å². The van der Waals surface area contributed by atoms with E-state index in [2.05, 4.69) is 0 Å². The van der Waals surface area contributed by atoms with Crippen LogP contribution in [-0.2, 0) is 19.8 Å². The Morgan fingerprint density at radius 2 is 1.81 bits per heavy atom. The van der Waals surface area contributed by atoms with Crippen molar-refractivity contribution in [2.24, 2.45) is 0 Å². The number of aliphatic hydroxyl groups excluding tert-OH is 1. The molecule has 36 heavy (non-hydrogen) atoms. The topological polar surface area (TPSA) is 96.4 Å². The van der Waals surface area contributed by atoms with Gasteiger partial charge in [0.2, 0.25) is 0 Å². The van der Waals surface area contributed by atoms with E-state index in [1.807, 2.05) is 39.8 Å². The molecule has 1 fully saturated rings. The van der Waals surface area contributed by atoms with Crippen LogP contribution >= 0.6 is 0 Å². The smallest absolute Gasteiger partial charge is 0.308 e. The highest BCUT2D eigenvalue weighted by atomic mass is 16.5. The summed E-state index contributed by atoms with van der Waals surface area (Å²) in [6, 6.07) is 11.0. The number of aliphatic hydroxyl groups is 1.